The highest BCUT2D eigenvalue weighted by atomic mass is 16.5. The molecule has 0 rings (SSSR count). The van der Waals surface area contributed by atoms with Gasteiger partial charge in [0, 0.05) is 31.5 Å². The van der Waals surface area contributed by atoms with Crippen molar-refractivity contribution in [2.75, 3.05) is 39.5 Å². The molecule has 6 heteroatoms. The summed E-state index contributed by atoms with van der Waals surface area (Å²) in [5, 5.41) is 5.70. The number of hydrogen-bond acceptors (Lipinski definition) is 4. The van der Waals surface area contributed by atoms with Gasteiger partial charge in [0.25, 0.3) is 0 Å². The van der Waals surface area contributed by atoms with Crippen LogP contribution in [0.25, 0.3) is 0 Å². The lowest BCUT2D eigenvalue weighted by Gasteiger charge is -2.24. The molecule has 0 aliphatic rings. The molecule has 0 saturated carbocycles. The van der Waals surface area contributed by atoms with Crippen LogP contribution in [0.15, 0.2) is 0 Å². The van der Waals surface area contributed by atoms with Gasteiger partial charge in [-0.05, 0) is 25.2 Å². The van der Waals surface area contributed by atoms with E-state index in [1.807, 2.05) is 20.8 Å². The van der Waals surface area contributed by atoms with Crippen LogP contribution in [0.1, 0.15) is 60.3 Å². The van der Waals surface area contributed by atoms with E-state index < -0.39 is 0 Å². The first-order valence-electron chi connectivity index (χ1n) is 9.50. The van der Waals surface area contributed by atoms with Gasteiger partial charge in [-0.15, -0.1) is 0 Å². The normalized spacial score (nSPS) is 11.6. The molecular formula is C19H38N2O4. The molecule has 0 heterocycles. The summed E-state index contributed by atoms with van der Waals surface area (Å²) in [4.78, 5) is 23.7. The Hall–Kier alpha value is -1.14. The van der Waals surface area contributed by atoms with Crippen LogP contribution in [-0.2, 0) is 19.1 Å². The van der Waals surface area contributed by atoms with E-state index in [4.69, 9.17) is 9.47 Å². The molecule has 25 heavy (non-hydrogen) atoms. The van der Waals surface area contributed by atoms with Gasteiger partial charge in [-0.3, -0.25) is 9.59 Å². The van der Waals surface area contributed by atoms with Crippen molar-refractivity contribution in [3.8, 4) is 0 Å². The van der Waals surface area contributed by atoms with Crippen molar-refractivity contribution in [2.45, 2.75) is 60.3 Å². The zero-order chi connectivity index (χ0) is 19.1. The molecule has 0 saturated heterocycles. The SMILES string of the molecule is CCCOCCC(=O)NCCOCCNC(=O)C(C)(C)CCC(C)C. The van der Waals surface area contributed by atoms with Gasteiger partial charge in [0.05, 0.1) is 19.8 Å². The van der Waals surface area contributed by atoms with E-state index in [0.29, 0.717) is 51.9 Å². The molecule has 0 fully saturated rings. The highest BCUT2D eigenvalue weighted by Crippen LogP contribution is 2.24. The van der Waals surface area contributed by atoms with Crippen LogP contribution in [-0.4, -0.2) is 51.3 Å². The van der Waals surface area contributed by atoms with E-state index in [0.717, 1.165) is 19.3 Å². The Morgan fingerprint density at radius 3 is 2.16 bits per heavy atom. The quantitative estimate of drug-likeness (QED) is 0.441. The Morgan fingerprint density at radius 2 is 1.56 bits per heavy atom. The van der Waals surface area contributed by atoms with Gasteiger partial charge in [0.1, 0.15) is 0 Å². The Labute approximate surface area is 153 Å². The summed E-state index contributed by atoms with van der Waals surface area (Å²) in [7, 11) is 0. The Balaban J connectivity index is 3.59. The van der Waals surface area contributed by atoms with Crippen molar-refractivity contribution < 1.29 is 19.1 Å². The molecule has 0 aromatic heterocycles. The summed E-state index contributed by atoms with van der Waals surface area (Å²) in [5.74, 6) is 0.640. The van der Waals surface area contributed by atoms with E-state index in [-0.39, 0.29) is 17.2 Å². The highest BCUT2D eigenvalue weighted by molar-refractivity contribution is 5.81. The van der Waals surface area contributed by atoms with Crippen LogP contribution >= 0.6 is 0 Å². The van der Waals surface area contributed by atoms with Crippen molar-refractivity contribution in [1.82, 2.24) is 10.6 Å². The molecule has 0 spiro atoms. The molecule has 0 aromatic carbocycles. The number of rotatable bonds is 15. The van der Waals surface area contributed by atoms with Crippen LogP contribution in [0.2, 0.25) is 0 Å². The second kappa shape index (κ2) is 14.1. The van der Waals surface area contributed by atoms with Crippen LogP contribution in [0, 0.1) is 11.3 Å². The summed E-state index contributed by atoms with van der Waals surface area (Å²) >= 11 is 0. The molecule has 148 valence electrons. The first kappa shape index (κ1) is 23.9. The number of amides is 2. The van der Waals surface area contributed by atoms with Crippen LogP contribution in [0.3, 0.4) is 0 Å². The van der Waals surface area contributed by atoms with Crippen LogP contribution in [0.4, 0.5) is 0 Å². The first-order valence-corrected chi connectivity index (χ1v) is 9.50. The topological polar surface area (TPSA) is 76.7 Å². The molecule has 0 atom stereocenters. The van der Waals surface area contributed by atoms with Crippen molar-refractivity contribution in [2.24, 2.45) is 11.3 Å². The Morgan fingerprint density at radius 1 is 0.960 bits per heavy atom. The summed E-state index contributed by atoms with van der Waals surface area (Å²) in [6, 6.07) is 0. The van der Waals surface area contributed by atoms with Crippen molar-refractivity contribution in [3.05, 3.63) is 0 Å². The molecule has 0 bridgehead atoms. The number of nitrogens with one attached hydrogen (secondary N) is 2. The molecule has 2 N–H and O–H groups in total. The predicted molar refractivity (Wildman–Crippen MR) is 100 cm³/mol. The zero-order valence-corrected chi connectivity index (χ0v) is 16.8. The Bertz CT molecular complexity index is 370. The summed E-state index contributed by atoms with van der Waals surface area (Å²) < 4.78 is 10.7. The Kier molecular flexibility index (Phi) is 13.4. The fourth-order valence-electron chi connectivity index (χ4n) is 2.10. The minimum absolute atomic E-state index is 0.0279. The number of ether oxygens (including phenoxy) is 2. The fraction of sp³-hybridized carbons (Fsp3) is 0.895. The second-order valence-corrected chi connectivity index (χ2v) is 7.40. The maximum absolute atomic E-state index is 12.2. The van der Waals surface area contributed by atoms with Crippen LogP contribution in [0.5, 0.6) is 0 Å². The maximum Gasteiger partial charge on any atom is 0.225 e. The van der Waals surface area contributed by atoms with Gasteiger partial charge in [0.2, 0.25) is 11.8 Å². The standard InChI is InChI=1S/C19H38N2O4/c1-6-12-24-13-8-17(22)20-10-14-25-15-11-21-18(23)19(4,5)9-7-16(2)3/h16H,6-15H2,1-5H3,(H,20,22)(H,21,23). The largest absolute Gasteiger partial charge is 0.381 e. The third-order valence-corrected chi connectivity index (χ3v) is 3.88. The summed E-state index contributed by atoms with van der Waals surface area (Å²) in [6.45, 7) is 13.3. The minimum atomic E-state index is -0.349. The lowest BCUT2D eigenvalue weighted by molar-refractivity contribution is -0.130. The lowest BCUT2D eigenvalue weighted by atomic mass is 9.84. The predicted octanol–water partition coefficient (Wildman–Crippen LogP) is 2.51. The average molecular weight is 359 g/mol. The smallest absolute Gasteiger partial charge is 0.225 e. The van der Waals surface area contributed by atoms with E-state index >= 15 is 0 Å². The van der Waals surface area contributed by atoms with E-state index in [1.54, 1.807) is 0 Å². The number of carbonyl (C=O) groups excluding carboxylic acids is 2. The molecule has 0 aliphatic carbocycles. The second-order valence-electron chi connectivity index (χ2n) is 7.40. The van der Waals surface area contributed by atoms with Gasteiger partial charge in [0.15, 0.2) is 0 Å². The number of carbonyl (C=O) groups is 2. The van der Waals surface area contributed by atoms with Crippen molar-refractivity contribution in [3.63, 3.8) is 0 Å². The molecule has 0 aromatic rings. The summed E-state index contributed by atoms with van der Waals surface area (Å²) in [6.07, 6.45) is 3.26. The monoisotopic (exact) mass is 358 g/mol. The van der Waals surface area contributed by atoms with Gasteiger partial charge in [-0.2, -0.15) is 0 Å². The van der Waals surface area contributed by atoms with Gasteiger partial charge < -0.3 is 20.1 Å². The average Bonchev–Trinajstić information content (AvgIpc) is 2.56. The molecule has 6 nitrogen and oxygen atoms in total. The highest BCUT2D eigenvalue weighted by Gasteiger charge is 2.26. The third kappa shape index (κ3) is 13.8. The van der Waals surface area contributed by atoms with E-state index in [9.17, 15) is 9.59 Å². The summed E-state index contributed by atoms with van der Waals surface area (Å²) in [5.41, 5.74) is -0.349. The third-order valence-electron chi connectivity index (χ3n) is 3.88. The van der Waals surface area contributed by atoms with Crippen molar-refractivity contribution >= 4 is 11.8 Å². The maximum atomic E-state index is 12.2. The van der Waals surface area contributed by atoms with Gasteiger partial charge in [-0.25, -0.2) is 0 Å². The molecule has 0 aliphatic heterocycles. The van der Waals surface area contributed by atoms with E-state index in [1.165, 1.54) is 0 Å². The molecule has 0 radical (unpaired) electrons. The zero-order valence-electron chi connectivity index (χ0n) is 16.8. The van der Waals surface area contributed by atoms with Gasteiger partial charge in [-0.1, -0.05) is 34.6 Å². The van der Waals surface area contributed by atoms with Crippen molar-refractivity contribution in [1.29, 1.82) is 0 Å². The molecular weight excluding hydrogens is 320 g/mol. The number of hydrogen-bond donors (Lipinski definition) is 2. The minimum Gasteiger partial charge on any atom is -0.381 e. The van der Waals surface area contributed by atoms with Crippen LogP contribution < -0.4 is 10.6 Å². The fourth-order valence-corrected chi connectivity index (χ4v) is 2.10. The lowest BCUT2D eigenvalue weighted by Crippen LogP contribution is -2.39. The first-order chi connectivity index (χ1) is 11.8. The van der Waals surface area contributed by atoms with Gasteiger partial charge >= 0.3 is 0 Å². The molecule has 0 unspecified atom stereocenters. The van der Waals surface area contributed by atoms with E-state index in [2.05, 4.69) is 24.5 Å². The molecule has 2 amide bonds.